The first-order valence-electron chi connectivity index (χ1n) is 6.09. The largest absolute Gasteiger partial charge is 0.495 e. The van der Waals surface area contributed by atoms with Crippen molar-refractivity contribution < 1.29 is 18.3 Å². The zero-order valence-corrected chi connectivity index (χ0v) is 11.9. The molecule has 0 saturated heterocycles. The minimum atomic E-state index is -3.98. The summed E-state index contributed by atoms with van der Waals surface area (Å²) in [7, 11) is -2.51. The number of nitrogens with zero attached hydrogens (tertiary/aromatic N) is 2. The van der Waals surface area contributed by atoms with Crippen LogP contribution in [0.3, 0.4) is 0 Å². The third kappa shape index (κ3) is 2.11. The van der Waals surface area contributed by atoms with E-state index in [1.54, 1.807) is 24.3 Å². The molecule has 2 heterocycles. The van der Waals surface area contributed by atoms with Gasteiger partial charge in [-0.25, -0.2) is 8.96 Å². The van der Waals surface area contributed by atoms with Crippen LogP contribution in [0.25, 0.3) is 10.9 Å². The highest BCUT2D eigenvalue weighted by molar-refractivity contribution is 7.90. The third-order valence-corrected chi connectivity index (χ3v) is 4.73. The third-order valence-electron chi connectivity index (χ3n) is 3.10. The molecule has 6 nitrogen and oxygen atoms in total. The highest BCUT2D eigenvalue weighted by Gasteiger charge is 2.24. The van der Waals surface area contributed by atoms with Crippen molar-refractivity contribution in [3.8, 4) is 11.6 Å². The quantitative estimate of drug-likeness (QED) is 0.800. The Hall–Kier alpha value is -2.54. The summed E-state index contributed by atoms with van der Waals surface area (Å²) in [6, 6.07) is 11.1. The number of methoxy groups -OCH3 is 1. The number of fused-ring (bicyclic) bond motifs is 1. The van der Waals surface area contributed by atoms with Crippen LogP contribution in [0.5, 0.6) is 11.6 Å². The molecular weight excluding hydrogens is 292 g/mol. The van der Waals surface area contributed by atoms with Gasteiger partial charge in [0.15, 0.2) is 5.03 Å². The van der Waals surface area contributed by atoms with Gasteiger partial charge in [-0.1, -0.05) is 18.2 Å². The van der Waals surface area contributed by atoms with Crippen molar-refractivity contribution in [3.63, 3.8) is 0 Å². The van der Waals surface area contributed by atoms with Gasteiger partial charge in [-0.2, -0.15) is 8.42 Å². The molecule has 7 heteroatoms. The fourth-order valence-corrected chi connectivity index (χ4v) is 3.44. The number of pyridine rings is 1. The fourth-order valence-electron chi connectivity index (χ4n) is 2.10. The number of ether oxygens (including phenoxy) is 1. The number of aromatic nitrogens is 2. The van der Waals surface area contributed by atoms with Gasteiger partial charge in [0.1, 0.15) is 5.75 Å². The molecule has 0 fully saturated rings. The van der Waals surface area contributed by atoms with E-state index in [0.717, 1.165) is 3.97 Å². The molecule has 0 radical (unpaired) electrons. The summed E-state index contributed by atoms with van der Waals surface area (Å²) < 4.78 is 31.1. The minimum Gasteiger partial charge on any atom is -0.495 e. The summed E-state index contributed by atoms with van der Waals surface area (Å²) >= 11 is 0. The standard InChI is InChI=1S/C14H12N2O4S/c1-20-11-6-7-13(15-9-11)21(18,19)16-12-5-3-2-4-10(12)8-14(16)17/h2-9,17H,1H3. The summed E-state index contributed by atoms with van der Waals surface area (Å²) in [5.41, 5.74) is 0.396. The fraction of sp³-hybridized carbons (Fsp3) is 0.0714. The molecule has 108 valence electrons. The molecule has 1 aromatic carbocycles. The molecule has 1 N–H and O–H groups in total. The van der Waals surface area contributed by atoms with Gasteiger partial charge < -0.3 is 9.84 Å². The minimum absolute atomic E-state index is 0.167. The normalized spacial score (nSPS) is 11.7. The van der Waals surface area contributed by atoms with Crippen molar-refractivity contribution in [1.82, 2.24) is 8.96 Å². The topological polar surface area (TPSA) is 81.4 Å². The Labute approximate surface area is 121 Å². The first-order chi connectivity index (χ1) is 10.0. The Kier molecular flexibility index (Phi) is 3.06. The van der Waals surface area contributed by atoms with E-state index < -0.39 is 10.0 Å². The second-order valence-electron chi connectivity index (χ2n) is 4.37. The Balaban J connectivity index is 2.22. The van der Waals surface area contributed by atoms with Gasteiger partial charge >= 0.3 is 0 Å². The highest BCUT2D eigenvalue weighted by Crippen LogP contribution is 2.29. The number of hydrogen-bond acceptors (Lipinski definition) is 5. The van der Waals surface area contributed by atoms with Gasteiger partial charge in [0.25, 0.3) is 10.0 Å². The summed E-state index contributed by atoms with van der Waals surface area (Å²) in [6.45, 7) is 0. The number of benzene rings is 1. The Morgan fingerprint density at radius 2 is 1.95 bits per heavy atom. The van der Waals surface area contributed by atoms with E-state index in [9.17, 15) is 13.5 Å². The second-order valence-corrected chi connectivity index (χ2v) is 6.10. The van der Waals surface area contributed by atoms with E-state index in [2.05, 4.69) is 4.98 Å². The van der Waals surface area contributed by atoms with Gasteiger partial charge in [-0.3, -0.25) is 0 Å². The van der Waals surface area contributed by atoms with E-state index in [4.69, 9.17) is 4.74 Å². The van der Waals surface area contributed by atoms with Crippen molar-refractivity contribution in [2.24, 2.45) is 0 Å². The lowest BCUT2D eigenvalue weighted by molar-refractivity contribution is 0.412. The van der Waals surface area contributed by atoms with Crippen LogP contribution in [0.2, 0.25) is 0 Å². The van der Waals surface area contributed by atoms with Gasteiger partial charge in [0, 0.05) is 11.5 Å². The maximum absolute atomic E-state index is 12.6. The van der Waals surface area contributed by atoms with Crippen molar-refractivity contribution in [2.45, 2.75) is 5.03 Å². The van der Waals surface area contributed by atoms with Crippen LogP contribution >= 0.6 is 0 Å². The van der Waals surface area contributed by atoms with Crippen molar-refractivity contribution >= 4 is 20.9 Å². The average molecular weight is 304 g/mol. The van der Waals surface area contributed by atoms with Gasteiger partial charge in [0.2, 0.25) is 5.88 Å². The molecular formula is C14H12N2O4S. The van der Waals surface area contributed by atoms with Crippen LogP contribution in [0.1, 0.15) is 0 Å². The predicted molar refractivity (Wildman–Crippen MR) is 77.0 cm³/mol. The van der Waals surface area contributed by atoms with Crippen molar-refractivity contribution in [1.29, 1.82) is 0 Å². The lowest BCUT2D eigenvalue weighted by atomic mass is 10.3. The van der Waals surface area contributed by atoms with E-state index >= 15 is 0 Å². The molecule has 3 aromatic rings. The maximum Gasteiger partial charge on any atom is 0.288 e. The molecule has 0 spiro atoms. The summed E-state index contributed by atoms with van der Waals surface area (Å²) in [5.74, 6) is 0.101. The highest BCUT2D eigenvalue weighted by atomic mass is 32.2. The van der Waals surface area contributed by atoms with Crippen LogP contribution in [-0.4, -0.2) is 29.6 Å². The number of hydrogen-bond donors (Lipinski definition) is 1. The number of para-hydroxylation sites is 1. The molecule has 0 bridgehead atoms. The number of aromatic hydroxyl groups is 1. The lowest BCUT2D eigenvalue weighted by Gasteiger charge is -2.08. The SMILES string of the molecule is COc1ccc(S(=O)(=O)n2c(O)cc3ccccc32)nc1. The Bertz CT molecular complexity index is 898. The molecule has 2 aromatic heterocycles. The lowest BCUT2D eigenvalue weighted by Crippen LogP contribution is -2.13. The van der Waals surface area contributed by atoms with Gasteiger partial charge in [0.05, 0.1) is 18.8 Å². The monoisotopic (exact) mass is 304 g/mol. The molecule has 0 aliphatic heterocycles. The Morgan fingerprint density at radius 3 is 2.62 bits per heavy atom. The zero-order chi connectivity index (χ0) is 15.0. The zero-order valence-electron chi connectivity index (χ0n) is 11.1. The van der Waals surface area contributed by atoms with Crippen LogP contribution in [0.4, 0.5) is 0 Å². The van der Waals surface area contributed by atoms with E-state index in [1.807, 2.05) is 0 Å². The van der Waals surface area contributed by atoms with Crippen LogP contribution in [0.15, 0.2) is 53.7 Å². The molecule has 0 unspecified atom stereocenters. The molecule has 0 aliphatic rings. The summed E-state index contributed by atoms with van der Waals surface area (Å²) in [4.78, 5) is 3.88. The van der Waals surface area contributed by atoms with Crippen LogP contribution in [-0.2, 0) is 10.0 Å². The first-order valence-corrected chi connectivity index (χ1v) is 7.53. The molecule has 3 rings (SSSR count). The predicted octanol–water partition coefficient (Wildman–Crippen LogP) is 1.99. The van der Waals surface area contributed by atoms with Crippen molar-refractivity contribution in [3.05, 3.63) is 48.7 Å². The maximum atomic E-state index is 12.6. The van der Waals surface area contributed by atoms with Gasteiger partial charge in [-0.15, -0.1) is 0 Å². The average Bonchev–Trinajstić information content (AvgIpc) is 2.83. The summed E-state index contributed by atoms with van der Waals surface area (Å²) in [6.07, 6.45) is 1.32. The molecule has 0 saturated carbocycles. The molecule has 0 atom stereocenters. The van der Waals surface area contributed by atoms with Crippen LogP contribution < -0.4 is 4.74 Å². The van der Waals surface area contributed by atoms with E-state index in [0.29, 0.717) is 16.7 Å². The van der Waals surface area contributed by atoms with Crippen molar-refractivity contribution in [2.75, 3.05) is 7.11 Å². The van der Waals surface area contributed by atoms with Gasteiger partial charge in [-0.05, 0) is 18.2 Å². The number of rotatable bonds is 3. The second kappa shape index (κ2) is 4.78. The van der Waals surface area contributed by atoms with E-state index in [-0.39, 0.29) is 10.9 Å². The van der Waals surface area contributed by atoms with Crippen LogP contribution in [0, 0.1) is 0 Å². The smallest absolute Gasteiger partial charge is 0.288 e. The Morgan fingerprint density at radius 1 is 1.19 bits per heavy atom. The first kappa shape index (κ1) is 13.4. The molecule has 21 heavy (non-hydrogen) atoms. The van der Waals surface area contributed by atoms with E-state index in [1.165, 1.54) is 31.5 Å². The molecule has 0 amide bonds. The summed E-state index contributed by atoms with van der Waals surface area (Å²) in [5, 5.41) is 10.4. The molecule has 0 aliphatic carbocycles.